The van der Waals surface area contributed by atoms with Gasteiger partial charge in [0.25, 0.3) is 5.91 Å². The van der Waals surface area contributed by atoms with Gasteiger partial charge in [0.15, 0.2) is 0 Å². The van der Waals surface area contributed by atoms with E-state index >= 15 is 0 Å². The van der Waals surface area contributed by atoms with Crippen molar-refractivity contribution in [3.8, 4) is 0 Å². The van der Waals surface area contributed by atoms with E-state index in [0.717, 1.165) is 29.7 Å². The minimum Gasteiger partial charge on any atom is -0.350 e. The molecule has 1 N–H and O–H groups in total. The van der Waals surface area contributed by atoms with Crippen LogP contribution in [-0.4, -0.2) is 17.0 Å². The molecule has 1 aliphatic carbocycles. The van der Waals surface area contributed by atoms with Crippen LogP contribution in [0.2, 0.25) is 0 Å². The monoisotopic (exact) mass is 340 g/mol. The molecule has 1 fully saturated rings. The van der Waals surface area contributed by atoms with E-state index in [4.69, 9.17) is 0 Å². The topological polar surface area (TPSA) is 34.0 Å². The van der Waals surface area contributed by atoms with Crippen LogP contribution in [0, 0.1) is 16.7 Å². The second-order valence-corrected chi connectivity index (χ2v) is 7.86. The van der Waals surface area contributed by atoms with Crippen molar-refractivity contribution in [1.82, 2.24) is 9.88 Å². The van der Waals surface area contributed by atoms with Gasteiger partial charge in [0, 0.05) is 23.8 Å². The van der Waals surface area contributed by atoms with Gasteiger partial charge in [-0.3, -0.25) is 4.79 Å². The highest BCUT2D eigenvalue weighted by Crippen LogP contribution is 2.67. The van der Waals surface area contributed by atoms with Crippen molar-refractivity contribution in [2.75, 3.05) is 6.54 Å². The molecule has 3 nitrogen and oxygen atoms in total. The molecule has 0 atom stereocenters. The molecule has 0 spiro atoms. The Hall–Kier alpha value is -0.770. The third-order valence-corrected chi connectivity index (χ3v) is 5.78. The van der Waals surface area contributed by atoms with Crippen LogP contribution < -0.4 is 5.32 Å². The number of carbonyl (C=O) groups excluding carboxylic acids is 1. The van der Waals surface area contributed by atoms with Gasteiger partial charge in [-0.05, 0) is 45.2 Å². The highest BCUT2D eigenvalue weighted by molar-refractivity contribution is 9.10. The minimum absolute atomic E-state index is 0.0302. The summed E-state index contributed by atoms with van der Waals surface area (Å²) in [5.74, 6) is 0.583. The number of rotatable bonds is 5. The first-order valence-electron chi connectivity index (χ1n) is 7.35. The van der Waals surface area contributed by atoms with E-state index in [0.29, 0.717) is 16.7 Å². The van der Waals surface area contributed by atoms with Crippen molar-refractivity contribution in [1.29, 1.82) is 0 Å². The van der Waals surface area contributed by atoms with Crippen molar-refractivity contribution in [2.45, 2.75) is 47.6 Å². The van der Waals surface area contributed by atoms with Crippen LogP contribution in [0.15, 0.2) is 16.7 Å². The number of carbonyl (C=O) groups is 1. The summed E-state index contributed by atoms with van der Waals surface area (Å²) in [7, 11) is 0. The quantitative estimate of drug-likeness (QED) is 0.861. The molecule has 1 aromatic rings. The summed E-state index contributed by atoms with van der Waals surface area (Å²) in [4.78, 5) is 12.4. The summed E-state index contributed by atoms with van der Waals surface area (Å²) in [5, 5.41) is 3.10. The van der Waals surface area contributed by atoms with Crippen molar-refractivity contribution in [2.24, 2.45) is 16.7 Å². The van der Waals surface area contributed by atoms with Crippen molar-refractivity contribution in [3.63, 3.8) is 0 Å². The smallest absolute Gasteiger partial charge is 0.267 e. The first-order chi connectivity index (χ1) is 9.21. The third-order valence-electron chi connectivity index (χ3n) is 5.35. The summed E-state index contributed by atoms with van der Waals surface area (Å²) in [5.41, 5.74) is 1.37. The number of nitrogens with one attached hydrogen (secondary N) is 1. The van der Waals surface area contributed by atoms with E-state index in [1.165, 1.54) is 0 Å². The molecule has 0 aromatic carbocycles. The molecule has 0 aliphatic heterocycles. The maximum absolute atomic E-state index is 12.4. The Kier molecular flexibility index (Phi) is 4.07. The second-order valence-electron chi connectivity index (χ2n) is 6.94. The van der Waals surface area contributed by atoms with E-state index in [9.17, 15) is 4.79 Å². The van der Waals surface area contributed by atoms with Crippen LogP contribution in [0.25, 0.3) is 0 Å². The molecule has 1 saturated carbocycles. The Morgan fingerprint density at radius 3 is 2.45 bits per heavy atom. The van der Waals surface area contributed by atoms with Gasteiger partial charge in [-0.2, -0.15) is 0 Å². The number of hydrogen-bond acceptors (Lipinski definition) is 1. The van der Waals surface area contributed by atoms with Crippen LogP contribution in [0.1, 0.15) is 51.5 Å². The van der Waals surface area contributed by atoms with E-state index in [1.807, 2.05) is 16.8 Å². The van der Waals surface area contributed by atoms with E-state index in [-0.39, 0.29) is 5.91 Å². The van der Waals surface area contributed by atoms with Crippen LogP contribution in [-0.2, 0) is 6.54 Å². The zero-order valence-electron chi connectivity index (χ0n) is 13.1. The summed E-state index contributed by atoms with van der Waals surface area (Å²) in [6.07, 6.45) is 2.99. The van der Waals surface area contributed by atoms with Crippen molar-refractivity contribution in [3.05, 3.63) is 22.4 Å². The summed E-state index contributed by atoms with van der Waals surface area (Å²) >= 11 is 3.45. The zero-order valence-corrected chi connectivity index (χ0v) is 14.7. The molecule has 0 bridgehead atoms. The average molecular weight is 341 g/mol. The van der Waals surface area contributed by atoms with Gasteiger partial charge in [-0.25, -0.2) is 0 Å². The highest BCUT2D eigenvalue weighted by atomic mass is 79.9. The first-order valence-corrected chi connectivity index (χ1v) is 8.15. The minimum atomic E-state index is 0.0302. The number of aromatic nitrogens is 1. The Bertz CT molecular complexity index is 503. The van der Waals surface area contributed by atoms with Gasteiger partial charge >= 0.3 is 0 Å². The Balaban J connectivity index is 2.00. The zero-order chi connectivity index (χ0) is 15.1. The lowest BCUT2D eigenvalue weighted by Crippen LogP contribution is -2.29. The summed E-state index contributed by atoms with van der Waals surface area (Å²) in [6, 6.07) is 1.90. The lowest BCUT2D eigenvalue weighted by Gasteiger charge is -2.09. The van der Waals surface area contributed by atoms with Crippen molar-refractivity contribution < 1.29 is 4.79 Å². The molecule has 112 valence electrons. The molecule has 1 heterocycles. The first kappa shape index (κ1) is 15.6. The standard InChI is InChI=1S/C16H25BrN2O/c1-6-7-19-10-11(17)8-12(19)14(20)18-9-13-15(2,3)16(13,4)5/h8,10,13H,6-7,9H2,1-5H3,(H,18,20). The molecule has 1 aliphatic rings. The van der Waals surface area contributed by atoms with Crippen LogP contribution in [0.4, 0.5) is 0 Å². The van der Waals surface area contributed by atoms with Crippen LogP contribution >= 0.6 is 15.9 Å². The molecule has 1 aromatic heterocycles. The van der Waals surface area contributed by atoms with Crippen LogP contribution in [0.5, 0.6) is 0 Å². The Morgan fingerprint density at radius 2 is 1.95 bits per heavy atom. The number of amides is 1. The third kappa shape index (κ3) is 2.54. The molecule has 0 unspecified atom stereocenters. The van der Waals surface area contributed by atoms with E-state index < -0.39 is 0 Å². The number of aryl methyl sites for hydroxylation is 1. The maximum Gasteiger partial charge on any atom is 0.267 e. The maximum atomic E-state index is 12.4. The molecule has 0 radical (unpaired) electrons. The second kappa shape index (κ2) is 5.21. The Labute approximate surface area is 130 Å². The highest BCUT2D eigenvalue weighted by Gasteiger charge is 2.64. The van der Waals surface area contributed by atoms with Crippen LogP contribution in [0.3, 0.4) is 0 Å². The number of hydrogen-bond donors (Lipinski definition) is 1. The van der Waals surface area contributed by atoms with Gasteiger partial charge in [0.1, 0.15) is 5.69 Å². The molecule has 4 heteroatoms. The fraction of sp³-hybridized carbons (Fsp3) is 0.688. The lowest BCUT2D eigenvalue weighted by atomic mass is 10.0. The van der Waals surface area contributed by atoms with E-state index in [1.54, 1.807) is 0 Å². The molecular weight excluding hydrogens is 316 g/mol. The summed E-state index contributed by atoms with van der Waals surface area (Å²) < 4.78 is 2.98. The molecular formula is C16H25BrN2O. The van der Waals surface area contributed by atoms with Gasteiger partial charge in [0.05, 0.1) is 0 Å². The van der Waals surface area contributed by atoms with Gasteiger partial charge in [0.2, 0.25) is 0 Å². The van der Waals surface area contributed by atoms with Gasteiger partial charge < -0.3 is 9.88 Å². The predicted molar refractivity (Wildman–Crippen MR) is 85.8 cm³/mol. The Morgan fingerprint density at radius 1 is 1.35 bits per heavy atom. The fourth-order valence-corrected chi connectivity index (χ4v) is 3.68. The number of nitrogens with zero attached hydrogens (tertiary/aromatic N) is 1. The van der Waals surface area contributed by atoms with E-state index in [2.05, 4.69) is 55.9 Å². The van der Waals surface area contributed by atoms with Crippen molar-refractivity contribution >= 4 is 21.8 Å². The lowest BCUT2D eigenvalue weighted by molar-refractivity contribution is 0.0940. The predicted octanol–water partition coefficient (Wildman–Crippen LogP) is 4.07. The molecule has 20 heavy (non-hydrogen) atoms. The number of halogens is 1. The average Bonchev–Trinajstić information content (AvgIpc) is 2.61. The molecule has 0 saturated heterocycles. The largest absolute Gasteiger partial charge is 0.350 e. The fourth-order valence-electron chi connectivity index (χ4n) is 3.22. The SMILES string of the molecule is CCCn1cc(Br)cc1C(=O)NCC1C(C)(C)C1(C)C. The molecule has 2 rings (SSSR count). The van der Waals surface area contributed by atoms with Gasteiger partial charge in [-0.15, -0.1) is 0 Å². The molecule has 1 amide bonds. The summed E-state index contributed by atoms with van der Waals surface area (Å²) in [6.45, 7) is 12.9. The van der Waals surface area contributed by atoms with Gasteiger partial charge in [-0.1, -0.05) is 34.6 Å². The normalized spacial score (nSPS) is 19.9.